The lowest BCUT2D eigenvalue weighted by Crippen LogP contribution is -2.46. The van der Waals surface area contributed by atoms with Gasteiger partial charge in [-0.25, -0.2) is 0 Å². The SMILES string of the molecule is CC[C@]1(O)Cc2c(C)c3c(c(C)c21)[C@](O)(CC)C3. The van der Waals surface area contributed by atoms with Crippen LogP contribution in [-0.2, 0) is 24.0 Å². The first-order valence-corrected chi connectivity index (χ1v) is 6.98. The van der Waals surface area contributed by atoms with Crippen molar-refractivity contribution in [2.45, 2.75) is 64.6 Å². The van der Waals surface area contributed by atoms with Gasteiger partial charge in [-0.15, -0.1) is 0 Å². The van der Waals surface area contributed by atoms with E-state index in [0.717, 1.165) is 42.4 Å². The van der Waals surface area contributed by atoms with E-state index in [1.54, 1.807) is 0 Å². The molecule has 1 aromatic rings. The van der Waals surface area contributed by atoms with E-state index in [1.165, 1.54) is 16.7 Å². The zero-order valence-electron chi connectivity index (χ0n) is 11.7. The average molecular weight is 246 g/mol. The molecule has 0 unspecified atom stereocenters. The largest absolute Gasteiger partial charge is 0.385 e. The smallest absolute Gasteiger partial charge is 0.0939 e. The van der Waals surface area contributed by atoms with Crippen LogP contribution in [-0.4, -0.2) is 10.2 Å². The van der Waals surface area contributed by atoms with Crippen LogP contribution in [0.3, 0.4) is 0 Å². The molecule has 18 heavy (non-hydrogen) atoms. The summed E-state index contributed by atoms with van der Waals surface area (Å²) in [5.41, 5.74) is 6.01. The fourth-order valence-electron chi connectivity index (χ4n) is 3.99. The molecule has 3 rings (SSSR count). The van der Waals surface area contributed by atoms with Gasteiger partial charge in [-0.05, 0) is 60.1 Å². The van der Waals surface area contributed by atoms with E-state index in [9.17, 15) is 10.2 Å². The summed E-state index contributed by atoms with van der Waals surface area (Å²) in [5.74, 6) is 0. The van der Waals surface area contributed by atoms with Crippen LogP contribution in [0, 0.1) is 13.8 Å². The first-order chi connectivity index (χ1) is 8.38. The third-order valence-electron chi connectivity index (χ3n) is 5.30. The molecular formula is C16H22O2. The summed E-state index contributed by atoms with van der Waals surface area (Å²) >= 11 is 0. The van der Waals surface area contributed by atoms with Crippen molar-refractivity contribution in [1.29, 1.82) is 0 Å². The molecule has 0 saturated heterocycles. The van der Waals surface area contributed by atoms with Gasteiger partial charge in [-0.2, -0.15) is 0 Å². The summed E-state index contributed by atoms with van der Waals surface area (Å²) in [5, 5.41) is 21.2. The summed E-state index contributed by atoms with van der Waals surface area (Å²) in [6.45, 7) is 8.27. The number of aliphatic hydroxyl groups is 2. The Morgan fingerprint density at radius 2 is 1.22 bits per heavy atom. The van der Waals surface area contributed by atoms with Gasteiger partial charge in [0, 0.05) is 12.8 Å². The van der Waals surface area contributed by atoms with E-state index in [2.05, 4.69) is 13.8 Å². The molecule has 2 nitrogen and oxygen atoms in total. The van der Waals surface area contributed by atoms with E-state index in [1.807, 2.05) is 13.8 Å². The van der Waals surface area contributed by atoms with Crippen LogP contribution in [0.4, 0.5) is 0 Å². The Morgan fingerprint density at radius 3 is 1.56 bits per heavy atom. The molecule has 0 fully saturated rings. The van der Waals surface area contributed by atoms with Crippen LogP contribution < -0.4 is 0 Å². The van der Waals surface area contributed by atoms with Gasteiger partial charge in [0.2, 0.25) is 0 Å². The minimum atomic E-state index is -0.649. The molecule has 0 amide bonds. The third kappa shape index (κ3) is 1.16. The Bertz CT molecular complexity index is 502. The van der Waals surface area contributed by atoms with E-state index < -0.39 is 11.2 Å². The first kappa shape index (κ1) is 12.2. The predicted octanol–water partition coefficient (Wildman–Crippen LogP) is 2.61. The summed E-state index contributed by atoms with van der Waals surface area (Å²) in [6.07, 6.45) is 3.07. The lowest BCUT2D eigenvalue weighted by molar-refractivity contribution is -0.00476. The van der Waals surface area contributed by atoms with Crippen LogP contribution in [0.5, 0.6) is 0 Å². The van der Waals surface area contributed by atoms with Crippen LogP contribution in [0.1, 0.15) is 60.1 Å². The van der Waals surface area contributed by atoms with Crippen molar-refractivity contribution in [1.82, 2.24) is 0 Å². The van der Waals surface area contributed by atoms with Gasteiger partial charge in [0.25, 0.3) is 0 Å². The van der Waals surface area contributed by atoms with Crippen molar-refractivity contribution >= 4 is 0 Å². The molecule has 0 spiro atoms. The highest BCUT2D eigenvalue weighted by molar-refractivity contribution is 5.64. The second-order valence-electron chi connectivity index (χ2n) is 6.08. The van der Waals surface area contributed by atoms with E-state index in [-0.39, 0.29) is 0 Å². The minimum absolute atomic E-state index is 0.649. The zero-order chi connectivity index (χ0) is 13.3. The third-order valence-corrected chi connectivity index (χ3v) is 5.30. The molecule has 0 aromatic heterocycles. The number of rotatable bonds is 2. The Hall–Kier alpha value is -0.860. The summed E-state index contributed by atoms with van der Waals surface area (Å²) < 4.78 is 0. The summed E-state index contributed by atoms with van der Waals surface area (Å²) in [7, 11) is 0. The van der Waals surface area contributed by atoms with Crippen LogP contribution >= 0.6 is 0 Å². The van der Waals surface area contributed by atoms with Crippen molar-refractivity contribution in [3.8, 4) is 0 Å². The van der Waals surface area contributed by atoms with Gasteiger partial charge < -0.3 is 10.2 Å². The quantitative estimate of drug-likeness (QED) is 0.842. The highest BCUT2D eigenvalue weighted by Crippen LogP contribution is 2.54. The Morgan fingerprint density at radius 1 is 0.833 bits per heavy atom. The molecule has 2 atom stereocenters. The Balaban J connectivity index is 2.24. The van der Waals surface area contributed by atoms with Gasteiger partial charge >= 0.3 is 0 Å². The van der Waals surface area contributed by atoms with Crippen molar-refractivity contribution in [2.75, 3.05) is 0 Å². The van der Waals surface area contributed by atoms with E-state index in [4.69, 9.17) is 0 Å². The summed E-state index contributed by atoms with van der Waals surface area (Å²) in [6, 6.07) is 0. The molecule has 2 aliphatic rings. The second kappa shape index (κ2) is 3.37. The van der Waals surface area contributed by atoms with Crippen molar-refractivity contribution in [2.24, 2.45) is 0 Å². The maximum absolute atomic E-state index is 10.6. The fourth-order valence-corrected chi connectivity index (χ4v) is 3.99. The van der Waals surface area contributed by atoms with Crippen molar-refractivity contribution < 1.29 is 10.2 Å². The molecule has 2 heteroatoms. The zero-order valence-corrected chi connectivity index (χ0v) is 11.7. The lowest BCUT2D eigenvalue weighted by Gasteiger charge is -2.49. The first-order valence-electron chi connectivity index (χ1n) is 6.98. The van der Waals surface area contributed by atoms with Crippen molar-refractivity contribution in [3.05, 3.63) is 33.4 Å². The molecule has 0 saturated carbocycles. The molecular weight excluding hydrogens is 224 g/mol. The molecule has 2 aliphatic carbocycles. The Labute approximate surface area is 109 Å². The van der Waals surface area contributed by atoms with Gasteiger partial charge in [-0.3, -0.25) is 0 Å². The molecule has 1 aromatic carbocycles. The molecule has 2 N–H and O–H groups in total. The van der Waals surface area contributed by atoms with Crippen LogP contribution in [0.2, 0.25) is 0 Å². The van der Waals surface area contributed by atoms with Crippen LogP contribution in [0.15, 0.2) is 0 Å². The van der Waals surface area contributed by atoms with Gasteiger partial charge in [0.15, 0.2) is 0 Å². The molecule has 98 valence electrons. The Kier molecular flexibility index (Phi) is 2.28. The lowest BCUT2D eigenvalue weighted by atomic mass is 9.59. The highest BCUT2D eigenvalue weighted by atomic mass is 16.3. The summed E-state index contributed by atoms with van der Waals surface area (Å²) in [4.78, 5) is 0. The molecule has 0 bridgehead atoms. The minimum Gasteiger partial charge on any atom is -0.385 e. The van der Waals surface area contributed by atoms with E-state index in [0.29, 0.717) is 0 Å². The molecule has 0 radical (unpaired) electrons. The van der Waals surface area contributed by atoms with Gasteiger partial charge in [0.1, 0.15) is 0 Å². The average Bonchev–Trinajstić information content (AvgIpc) is 2.29. The topological polar surface area (TPSA) is 40.5 Å². The van der Waals surface area contributed by atoms with Crippen LogP contribution in [0.25, 0.3) is 0 Å². The second-order valence-corrected chi connectivity index (χ2v) is 6.08. The number of benzene rings is 1. The van der Waals surface area contributed by atoms with Crippen molar-refractivity contribution in [3.63, 3.8) is 0 Å². The standard InChI is InChI=1S/C16H22O2/c1-5-15(17)7-11-9(3)12-8-16(18,6-2)14(12)10(4)13(11)15/h17-18H,5-8H2,1-4H3/t15-,16-/m0/s1. The maximum Gasteiger partial charge on any atom is 0.0939 e. The fraction of sp³-hybridized carbons (Fsp3) is 0.625. The number of hydrogen-bond acceptors (Lipinski definition) is 2. The number of hydrogen-bond donors (Lipinski definition) is 2. The number of fused-ring (bicyclic) bond motifs is 2. The molecule has 0 aliphatic heterocycles. The van der Waals surface area contributed by atoms with Gasteiger partial charge in [0.05, 0.1) is 11.2 Å². The van der Waals surface area contributed by atoms with Gasteiger partial charge in [-0.1, -0.05) is 13.8 Å². The maximum atomic E-state index is 10.6. The monoisotopic (exact) mass is 246 g/mol. The molecule has 0 heterocycles. The van der Waals surface area contributed by atoms with E-state index >= 15 is 0 Å². The predicted molar refractivity (Wildman–Crippen MR) is 71.7 cm³/mol. The highest BCUT2D eigenvalue weighted by Gasteiger charge is 2.49. The normalized spacial score (nSPS) is 32.3.